The molecule has 0 radical (unpaired) electrons. The number of hydrogen-bond acceptors (Lipinski definition) is 4. The predicted octanol–water partition coefficient (Wildman–Crippen LogP) is 0.895. The highest BCUT2D eigenvalue weighted by molar-refractivity contribution is 7.90. The lowest BCUT2D eigenvalue weighted by Gasteiger charge is -2.03. The molecule has 4 nitrogen and oxygen atoms in total. The van der Waals surface area contributed by atoms with Crippen molar-refractivity contribution in [2.24, 2.45) is 0 Å². The molecule has 14 heavy (non-hydrogen) atoms. The minimum atomic E-state index is -2.88. The van der Waals surface area contributed by atoms with E-state index in [1.54, 1.807) is 18.3 Å². The highest BCUT2D eigenvalue weighted by atomic mass is 32.2. The van der Waals surface area contributed by atoms with E-state index >= 15 is 0 Å². The third-order valence-corrected chi connectivity index (χ3v) is 2.58. The van der Waals surface area contributed by atoms with Gasteiger partial charge in [-0.2, -0.15) is 0 Å². The Morgan fingerprint density at radius 3 is 2.79 bits per heavy atom. The van der Waals surface area contributed by atoms with Crippen molar-refractivity contribution >= 4 is 9.84 Å². The molecule has 0 aliphatic carbocycles. The molecule has 0 spiro atoms. The van der Waals surface area contributed by atoms with Crippen molar-refractivity contribution in [2.75, 3.05) is 18.6 Å². The fourth-order valence-electron chi connectivity index (χ4n) is 0.930. The minimum Gasteiger partial charge on any atom is -0.478 e. The van der Waals surface area contributed by atoms with E-state index in [4.69, 9.17) is 4.74 Å². The molecule has 78 valence electrons. The highest BCUT2D eigenvalue weighted by Gasteiger charge is 2.01. The van der Waals surface area contributed by atoms with Gasteiger partial charge < -0.3 is 4.74 Å². The molecular formula is C9H13NO3S. The molecule has 0 fully saturated rings. The molecule has 0 aliphatic rings. The van der Waals surface area contributed by atoms with Crippen LogP contribution in [-0.2, 0) is 9.84 Å². The second-order valence-electron chi connectivity index (χ2n) is 3.00. The number of sulfone groups is 1. The van der Waals surface area contributed by atoms with Crippen LogP contribution >= 0.6 is 0 Å². The largest absolute Gasteiger partial charge is 0.478 e. The Labute approximate surface area is 83.8 Å². The maximum absolute atomic E-state index is 10.8. The smallest absolute Gasteiger partial charge is 0.213 e. The zero-order valence-corrected chi connectivity index (χ0v) is 8.83. The highest BCUT2D eigenvalue weighted by Crippen LogP contribution is 2.03. The molecule has 0 amide bonds. The van der Waals surface area contributed by atoms with E-state index in [0.29, 0.717) is 18.9 Å². The van der Waals surface area contributed by atoms with E-state index in [9.17, 15) is 8.42 Å². The van der Waals surface area contributed by atoms with Gasteiger partial charge in [0.15, 0.2) is 0 Å². The summed E-state index contributed by atoms with van der Waals surface area (Å²) in [6, 6.07) is 5.35. The third-order valence-electron chi connectivity index (χ3n) is 1.55. The molecule has 0 bridgehead atoms. The van der Waals surface area contributed by atoms with Crippen molar-refractivity contribution in [2.45, 2.75) is 6.42 Å². The molecular weight excluding hydrogens is 202 g/mol. The van der Waals surface area contributed by atoms with E-state index in [1.165, 1.54) is 6.26 Å². The van der Waals surface area contributed by atoms with Gasteiger partial charge in [-0.05, 0) is 12.5 Å². The van der Waals surface area contributed by atoms with Crippen LogP contribution in [0.4, 0.5) is 0 Å². The summed E-state index contributed by atoms with van der Waals surface area (Å²) in [7, 11) is -2.88. The Kier molecular flexibility index (Phi) is 3.88. The van der Waals surface area contributed by atoms with Gasteiger partial charge in [0.25, 0.3) is 0 Å². The first-order valence-corrected chi connectivity index (χ1v) is 6.35. The molecule has 0 atom stereocenters. The van der Waals surface area contributed by atoms with Crippen molar-refractivity contribution in [3.8, 4) is 5.88 Å². The van der Waals surface area contributed by atoms with Gasteiger partial charge in [-0.3, -0.25) is 0 Å². The van der Waals surface area contributed by atoms with Gasteiger partial charge in [0.1, 0.15) is 9.84 Å². The standard InChI is InChI=1S/C9H13NO3S/c1-14(11,12)8-4-7-13-9-5-2-3-6-10-9/h2-3,5-6H,4,7-8H2,1H3. The Bertz CT molecular complexity index is 361. The number of pyridine rings is 1. The van der Waals surface area contributed by atoms with E-state index in [-0.39, 0.29) is 5.75 Å². The maximum Gasteiger partial charge on any atom is 0.213 e. The summed E-state index contributed by atoms with van der Waals surface area (Å²) in [6.07, 6.45) is 3.34. The Morgan fingerprint density at radius 2 is 2.21 bits per heavy atom. The van der Waals surface area contributed by atoms with Crippen molar-refractivity contribution in [1.29, 1.82) is 0 Å². The summed E-state index contributed by atoms with van der Waals surface area (Å²) in [6.45, 7) is 0.379. The van der Waals surface area contributed by atoms with Gasteiger partial charge in [-0.1, -0.05) is 6.07 Å². The van der Waals surface area contributed by atoms with Crippen LogP contribution < -0.4 is 4.74 Å². The quantitative estimate of drug-likeness (QED) is 0.685. The number of aromatic nitrogens is 1. The minimum absolute atomic E-state index is 0.153. The van der Waals surface area contributed by atoms with Crippen LogP contribution in [0.15, 0.2) is 24.4 Å². The van der Waals surface area contributed by atoms with Crippen LogP contribution in [0.1, 0.15) is 6.42 Å². The van der Waals surface area contributed by atoms with Crippen LogP contribution in [0.3, 0.4) is 0 Å². The summed E-state index contributed by atoms with van der Waals surface area (Å²) in [5.74, 6) is 0.681. The van der Waals surface area contributed by atoms with Gasteiger partial charge in [-0.15, -0.1) is 0 Å². The lowest BCUT2D eigenvalue weighted by Crippen LogP contribution is -2.08. The molecule has 1 aromatic rings. The van der Waals surface area contributed by atoms with Crippen LogP contribution in [0.2, 0.25) is 0 Å². The van der Waals surface area contributed by atoms with Crippen LogP contribution in [-0.4, -0.2) is 32.0 Å². The summed E-state index contributed by atoms with van der Waals surface area (Å²) < 4.78 is 26.8. The van der Waals surface area contributed by atoms with E-state index < -0.39 is 9.84 Å². The van der Waals surface area contributed by atoms with Crippen LogP contribution in [0.5, 0.6) is 5.88 Å². The number of ether oxygens (including phenoxy) is 1. The van der Waals surface area contributed by atoms with Gasteiger partial charge in [0, 0.05) is 18.5 Å². The lowest BCUT2D eigenvalue weighted by molar-refractivity contribution is 0.305. The summed E-state index contributed by atoms with van der Waals surface area (Å²) >= 11 is 0. The molecule has 1 aromatic heterocycles. The van der Waals surface area contributed by atoms with Gasteiger partial charge in [0.05, 0.1) is 12.4 Å². The van der Waals surface area contributed by atoms with Crippen LogP contribution in [0.25, 0.3) is 0 Å². The molecule has 1 rings (SSSR count). The molecule has 0 N–H and O–H groups in total. The van der Waals surface area contributed by atoms with Gasteiger partial charge >= 0.3 is 0 Å². The molecule has 5 heteroatoms. The van der Waals surface area contributed by atoms with E-state index in [0.717, 1.165) is 0 Å². The second kappa shape index (κ2) is 4.95. The molecule has 0 saturated carbocycles. The summed E-state index contributed by atoms with van der Waals surface area (Å²) in [5.41, 5.74) is 0. The fourth-order valence-corrected chi connectivity index (χ4v) is 1.57. The maximum atomic E-state index is 10.8. The molecule has 0 saturated heterocycles. The van der Waals surface area contributed by atoms with Crippen molar-refractivity contribution in [3.63, 3.8) is 0 Å². The van der Waals surface area contributed by atoms with E-state index in [1.807, 2.05) is 6.07 Å². The first kappa shape index (κ1) is 11.0. The monoisotopic (exact) mass is 215 g/mol. The Hall–Kier alpha value is -1.10. The van der Waals surface area contributed by atoms with Crippen molar-refractivity contribution in [3.05, 3.63) is 24.4 Å². The zero-order chi connectivity index (χ0) is 10.4. The molecule has 1 heterocycles. The number of hydrogen-bond donors (Lipinski definition) is 0. The molecule has 0 unspecified atom stereocenters. The first-order chi connectivity index (χ1) is 6.58. The third kappa shape index (κ3) is 4.81. The average Bonchev–Trinajstić information content (AvgIpc) is 2.13. The number of rotatable bonds is 5. The SMILES string of the molecule is CS(=O)(=O)CCCOc1ccccn1. The lowest BCUT2D eigenvalue weighted by atomic mass is 10.5. The Balaban J connectivity index is 2.23. The van der Waals surface area contributed by atoms with Gasteiger partial charge in [0.2, 0.25) is 5.88 Å². The second-order valence-corrected chi connectivity index (χ2v) is 5.26. The number of nitrogens with zero attached hydrogens (tertiary/aromatic N) is 1. The summed E-state index contributed by atoms with van der Waals surface area (Å²) in [5, 5.41) is 0. The molecule has 0 aliphatic heterocycles. The van der Waals surface area contributed by atoms with E-state index in [2.05, 4.69) is 4.98 Å². The first-order valence-electron chi connectivity index (χ1n) is 4.29. The summed E-state index contributed by atoms with van der Waals surface area (Å²) in [4.78, 5) is 3.94. The predicted molar refractivity (Wildman–Crippen MR) is 54.1 cm³/mol. The zero-order valence-electron chi connectivity index (χ0n) is 8.01. The topological polar surface area (TPSA) is 56.3 Å². The Morgan fingerprint density at radius 1 is 1.43 bits per heavy atom. The fraction of sp³-hybridized carbons (Fsp3) is 0.444. The van der Waals surface area contributed by atoms with Crippen molar-refractivity contribution < 1.29 is 13.2 Å². The van der Waals surface area contributed by atoms with Crippen molar-refractivity contribution in [1.82, 2.24) is 4.98 Å². The molecule has 0 aromatic carbocycles. The van der Waals surface area contributed by atoms with Crippen LogP contribution in [0, 0.1) is 0 Å². The average molecular weight is 215 g/mol. The van der Waals surface area contributed by atoms with Gasteiger partial charge in [-0.25, -0.2) is 13.4 Å². The normalized spacial score (nSPS) is 11.2.